The highest BCUT2D eigenvalue weighted by Gasteiger charge is 2.31. The maximum Gasteiger partial charge on any atom is 0.174 e. The second kappa shape index (κ2) is 4.34. The van der Waals surface area contributed by atoms with Crippen molar-refractivity contribution in [3.8, 4) is 0 Å². The van der Waals surface area contributed by atoms with Gasteiger partial charge < -0.3 is 19.8 Å². The fourth-order valence-electron chi connectivity index (χ4n) is 2.32. The van der Waals surface area contributed by atoms with E-state index in [1.165, 1.54) is 0 Å². The summed E-state index contributed by atoms with van der Waals surface area (Å²) in [5.74, 6) is 0.629. The van der Waals surface area contributed by atoms with Gasteiger partial charge in [0.15, 0.2) is 12.0 Å². The molecule has 1 saturated heterocycles. The number of ether oxygens (including phenoxy) is 1. The smallest absolute Gasteiger partial charge is 0.174 e. The number of aliphatic hydroxyl groups is 2. The van der Waals surface area contributed by atoms with Crippen molar-refractivity contribution in [2.24, 2.45) is 4.99 Å². The van der Waals surface area contributed by atoms with Gasteiger partial charge in [0, 0.05) is 7.05 Å². The van der Waals surface area contributed by atoms with Crippen molar-refractivity contribution in [2.45, 2.75) is 31.4 Å². The van der Waals surface area contributed by atoms with E-state index in [2.05, 4.69) is 9.98 Å². The quantitative estimate of drug-likeness (QED) is 0.782. The fourth-order valence-corrected chi connectivity index (χ4v) is 2.32. The lowest BCUT2D eigenvalue weighted by molar-refractivity contribution is -0.0218. The van der Waals surface area contributed by atoms with Gasteiger partial charge in [-0.05, 0) is 12.8 Å². The van der Waals surface area contributed by atoms with Crippen LogP contribution >= 0.6 is 0 Å². The largest absolute Gasteiger partial charge is 0.394 e. The summed E-state index contributed by atoms with van der Waals surface area (Å²) in [5, 5.41) is 19.0. The number of rotatable bonds is 2. The molecule has 0 aliphatic carbocycles. The van der Waals surface area contributed by atoms with E-state index in [4.69, 9.17) is 9.84 Å². The Morgan fingerprint density at radius 3 is 3.06 bits per heavy atom. The topological polar surface area (TPSA) is 83.1 Å². The van der Waals surface area contributed by atoms with Crippen LogP contribution in [0.1, 0.15) is 31.0 Å². The van der Waals surface area contributed by atoms with Crippen LogP contribution in [0.3, 0.4) is 0 Å². The molecule has 2 N–H and O–H groups in total. The third kappa shape index (κ3) is 1.71. The van der Waals surface area contributed by atoms with E-state index >= 15 is 0 Å². The lowest BCUT2D eigenvalue weighted by Crippen LogP contribution is -2.26. The molecule has 0 aromatic carbocycles. The molecular weight excluding hydrogens is 236 g/mol. The third-order valence-electron chi connectivity index (χ3n) is 3.39. The molecule has 0 amide bonds. The Bertz CT molecular complexity index is 473. The van der Waals surface area contributed by atoms with Crippen LogP contribution in [0.15, 0.2) is 11.3 Å². The van der Waals surface area contributed by atoms with Crippen molar-refractivity contribution in [3.05, 3.63) is 12.0 Å². The van der Waals surface area contributed by atoms with Crippen LogP contribution in [0.25, 0.3) is 0 Å². The summed E-state index contributed by atoms with van der Waals surface area (Å²) in [6.45, 7) is 0.0298. The fraction of sp³-hybridized carbons (Fsp3) is 0.636. The molecule has 0 saturated carbocycles. The minimum Gasteiger partial charge on any atom is -0.394 e. The van der Waals surface area contributed by atoms with Crippen molar-refractivity contribution in [3.63, 3.8) is 0 Å². The molecule has 1 fully saturated rings. The lowest BCUT2D eigenvalue weighted by Gasteiger charge is -2.24. The van der Waals surface area contributed by atoms with E-state index in [0.29, 0.717) is 11.5 Å². The van der Waals surface area contributed by atoms with E-state index in [1.54, 1.807) is 24.6 Å². The highest BCUT2D eigenvalue weighted by atomic mass is 16.5. The van der Waals surface area contributed by atoms with Gasteiger partial charge in [-0.1, -0.05) is 0 Å². The molecule has 1 aromatic rings. The standard InChI is InChI=1S/C11H16N4O3/c1-14-5-13-10-9(11(14)17)12-6-15(10)8-3-2-7(4-16)18-8/h5-8,11,16-17H,2-4H2,1H3/t7-,8+,11-/m0/s1. The van der Waals surface area contributed by atoms with Gasteiger partial charge in [0.25, 0.3) is 0 Å². The normalized spacial score (nSPS) is 30.8. The average Bonchev–Trinajstić information content (AvgIpc) is 2.99. The molecule has 3 heterocycles. The van der Waals surface area contributed by atoms with Gasteiger partial charge in [0.05, 0.1) is 25.4 Å². The number of aliphatic imine (C=N–C) groups is 1. The Labute approximate surface area is 104 Å². The summed E-state index contributed by atoms with van der Waals surface area (Å²) < 4.78 is 7.50. The molecule has 0 unspecified atom stereocenters. The Morgan fingerprint density at radius 1 is 1.50 bits per heavy atom. The minimum absolute atomic E-state index is 0.0298. The van der Waals surface area contributed by atoms with Crippen LogP contribution in [0.5, 0.6) is 0 Å². The Kier molecular flexibility index (Phi) is 2.81. The molecule has 0 bridgehead atoms. The van der Waals surface area contributed by atoms with E-state index < -0.39 is 6.23 Å². The zero-order valence-corrected chi connectivity index (χ0v) is 10.1. The lowest BCUT2D eigenvalue weighted by atomic mass is 10.2. The first-order valence-electron chi connectivity index (χ1n) is 5.98. The van der Waals surface area contributed by atoms with Crippen LogP contribution in [-0.4, -0.2) is 50.8 Å². The van der Waals surface area contributed by atoms with E-state index in [1.807, 2.05) is 4.57 Å². The molecule has 98 valence electrons. The van der Waals surface area contributed by atoms with Gasteiger partial charge in [0.2, 0.25) is 0 Å². The number of aromatic nitrogens is 2. The van der Waals surface area contributed by atoms with Gasteiger partial charge in [-0.25, -0.2) is 9.98 Å². The van der Waals surface area contributed by atoms with Crippen LogP contribution in [0, 0.1) is 0 Å². The van der Waals surface area contributed by atoms with Gasteiger partial charge >= 0.3 is 0 Å². The predicted molar refractivity (Wildman–Crippen MR) is 63.3 cm³/mol. The summed E-state index contributed by atoms with van der Waals surface area (Å²) >= 11 is 0. The Hall–Kier alpha value is -1.44. The molecule has 0 spiro atoms. The summed E-state index contributed by atoms with van der Waals surface area (Å²) in [4.78, 5) is 10.1. The Balaban J connectivity index is 1.89. The summed E-state index contributed by atoms with van der Waals surface area (Å²) in [7, 11) is 1.74. The van der Waals surface area contributed by atoms with Crippen LogP contribution in [0.2, 0.25) is 0 Å². The van der Waals surface area contributed by atoms with E-state index in [-0.39, 0.29) is 18.9 Å². The number of nitrogens with zero attached hydrogens (tertiary/aromatic N) is 4. The first-order valence-corrected chi connectivity index (χ1v) is 5.98. The molecule has 3 rings (SSSR count). The Morgan fingerprint density at radius 2 is 2.33 bits per heavy atom. The average molecular weight is 252 g/mol. The number of imidazole rings is 1. The first-order chi connectivity index (χ1) is 8.70. The third-order valence-corrected chi connectivity index (χ3v) is 3.39. The maximum atomic E-state index is 9.96. The highest BCUT2D eigenvalue weighted by molar-refractivity contribution is 5.64. The predicted octanol–water partition coefficient (Wildman–Crippen LogP) is 0.149. The second-order valence-electron chi connectivity index (χ2n) is 4.62. The second-order valence-corrected chi connectivity index (χ2v) is 4.62. The molecule has 2 aliphatic heterocycles. The van der Waals surface area contributed by atoms with Gasteiger partial charge in [0.1, 0.15) is 11.9 Å². The summed E-state index contributed by atoms with van der Waals surface area (Å²) in [6.07, 6.45) is 3.79. The summed E-state index contributed by atoms with van der Waals surface area (Å²) in [5.41, 5.74) is 0.538. The zero-order valence-electron chi connectivity index (χ0n) is 10.1. The van der Waals surface area contributed by atoms with Crippen LogP contribution < -0.4 is 0 Å². The summed E-state index contributed by atoms with van der Waals surface area (Å²) in [6, 6.07) is 0. The highest BCUT2D eigenvalue weighted by Crippen LogP contribution is 2.36. The number of hydrogen-bond acceptors (Lipinski definition) is 6. The van der Waals surface area contributed by atoms with Gasteiger partial charge in [-0.2, -0.15) is 0 Å². The first kappa shape index (κ1) is 11.6. The molecule has 0 radical (unpaired) electrons. The van der Waals surface area contributed by atoms with E-state index in [9.17, 15) is 5.11 Å². The van der Waals surface area contributed by atoms with Gasteiger partial charge in [-0.15, -0.1) is 0 Å². The number of hydrogen-bond donors (Lipinski definition) is 2. The van der Waals surface area contributed by atoms with E-state index in [0.717, 1.165) is 12.8 Å². The van der Waals surface area contributed by atoms with Crippen molar-refractivity contribution >= 4 is 12.2 Å². The van der Waals surface area contributed by atoms with Gasteiger partial charge in [-0.3, -0.25) is 4.57 Å². The molecule has 3 atom stereocenters. The van der Waals surface area contributed by atoms with Crippen LogP contribution in [0.4, 0.5) is 5.82 Å². The molecule has 18 heavy (non-hydrogen) atoms. The molecular formula is C11H16N4O3. The maximum absolute atomic E-state index is 9.96. The molecule has 7 heteroatoms. The SMILES string of the molecule is CN1C=Nc2c(ncn2[C@H]2CC[C@@H](CO)O2)[C@@H]1O. The molecule has 1 aromatic heterocycles. The monoisotopic (exact) mass is 252 g/mol. The number of fused-ring (bicyclic) bond motifs is 1. The molecule has 7 nitrogen and oxygen atoms in total. The van der Waals surface area contributed by atoms with Crippen LogP contribution in [-0.2, 0) is 4.74 Å². The molecule has 2 aliphatic rings. The zero-order chi connectivity index (χ0) is 12.7. The minimum atomic E-state index is -0.770. The van der Waals surface area contributed by atoms with Crippen molar-refractivity contribution in [2.75, 3.05) is 13.7 Å². The van der Waals surface area contributed by atoms with Crippen molar-refractivity contribution in [1.29, 1.82) is 0 Å². The van der Waals surface area contributed by atoms with Crippen molar-refractivity contribution < 1.29 is 14.9 Å². The van der Waals surface area contributed by atoms with Crippen molar-refractivity contribution in [1.82, 2.24) is 14.5 Å². The number of aliphatic hydroxyl groups excluding tert-OH is 2.